The monoisotopic (exact) mass is 425 g/mol. The highest BCUT2D eigenvalue weighted by molar-refractivity contribution is 7.21. The van der Waals surface area contributed by atoms with Crippen LogP contribution in [0.5, 0.6) is 0 Å². The molecular weight excluding hydrogens is 398 g/mol. The minimum absolute atomic E-state index is 0.00106. The van der Waals surface area contributed by atoms with Gasteiger partial charge in [-0.3, -0.25) is 0 Å². The SMILES string of the molecule is Cc1nc(NCC2CC2)nc(NC2CCC(CO)C2O)c1-c1nc2ccccc2s1. The summed E-state index contributed by atoms with van der Waals surface area (Å²) in [5, 5.41) is 27.8. The molecule has 2 aliphatic carbocycles. The molecule has 3 unspecified atom stereocenters. The Kier molecular flexibility index (Phi) is 5.30. The molecule has 2 fully saturated rings. The van der Waals surface area contributed by atoms with Gasteiger partial charge in [-0.15, -0.1) is 11.3 Å². The lowest BCUT2D eigenvalue weighted by molar-refractivity contribution is 0.0846. The molecule has 2 aliphatic rings. The molecule has 0 radical (unpaired) electrons. The summed E-state index contributed by atoms with van der Waals surface area (Å²) >= 11 is 1.62. The predicted octanol–water partition coefficient (Wildman–Crippen LogP) is 3.43. The summed E-state index contributed by atoms with van der Waals surface area (Å²) in [6.45, 7) is 2.87. The number of aliphatic hydroxyl groups is 2. The number of nitrogens with one attached hydrogen (secondary N) is 2. The molecule has 4 N–H and O–H groups in total. The van der Waals surface area contributed by atoms with E-state index in [1.165, 1.54) is 12.8 Å². The standard InChI is InChI=1S/C22H27N5O2S/c1-12-18(21-26-15-4-2-3-5-17(15)30-21)20(25-16-9-8-14(11-28)19(16)29)27-22(24-12)23-10-13-6-7-13/h2-5,13-14,16,19,28-29H,6-11H2,1H3,(H2,23,24,25,27). The number of aryl methyl sites for hydroxylation is 1. The van der Waals surface area contributed by atoms with Crippen LogP contribution in [0, 0.1) is 18.8 Å². The Morgan fingerprint density at radius 2 is 1.93 bits per heavy atom. The highest BCUT2D eigenvalue weighted by Gasteiger charge is 2.35. The first-order chi connectivity index (χ1) is 14.6. The lowest BCUT2D eigenvalue weighted by Crippen LogP contribution is -2.33. The van der Waals surface area contributed by atoms with E-state index >= 15 is 0 Å². The molecule has 158 valence electrons. The molecule has 3 atom stereocenters. The third-order valence-corrected chi connectivity index (χ3v) is 7.20. The smallest absolute Gasteiger partial charge is 0.224 e. The van der Waals surface area contributed by atoms with Crippen LogP contribution >= 0.6 is 11.3 Å². The highest BCUT2D eigenvalue weighted by atomic mass is 32.1. The lowest BCUT2D eigenvalue weighted by atomic mass is 10.1. The third-order valence-electron chi connectivity index (χ3n) is 6.14. The summed E-state index contributed by atoms with van der Waals surface area (Å²) in [4.78, 5) is 14.3. The molecule has 0 aliphatic heterocycles. The van der Waals surface area contributed by atoms with Crippen LogP contribution in [-0.4, -0.2) is 50.5 Å². The van der Waals surface area contributed by atoms with Gasteiger partial charge in [0.15, 0.2) is 0 Å². The van der Waals surface area contributed by atoms with Crippen LogP contribution in [0.2, 0.25) is 0 Å². The van der Waals surface area contributed by atoms with E-state index in [0.29, 0.717) is 11.8 Å². The first-order valence-corrected chi connectivity index (χ1v) is 11.5. The molecule has 8 heteroatoms. The van der Waals surface area contributed by atoms with Gasteiger partial charge in [0.05, 0.1) is 33.6 Å². The maximum atomic E-state index is 10.6. The number of hydrogen-bond acceptors (Lipinski definition) is 8. The fraction of sp³-hybridized carbons (Fsp3) is 0.500. The fourth-order valence-electron chi connectivity index (χ4n) is 4.15. The summed E-state index contributed by atoms with van der Waals surface area (Å²) in [6.07, 6.45) is 3.51. The summed E-state index contributed by atoms with van der Waals surface area (Å²) in [7, 11) is 0. The van der Waals surface area contributed by atoms with E-state index in [2.05, 4.69) is 16.7 Å². The fourth-order valence-corrected chi connectivity index (χ4v) is 5.21. The number of thiazole rings is 1. The van der Waals surface area contributed by atoms with Crippen molar-refractivity contribution in [3.8, 4) is 10.6 Å². The van der Waals surface area contributed by atoms with Crippen molar-refractivity contribution in [1.29, 1.82) is 0 Å². The zero-order chi connectivity index (χ0) is 20.7. The maximum absolute atomic E-state index is 10.6. The normalized spacial score (nSPS) is 23.8. The molecule has 2 aromatic heterocycles. The molecule has 3 aromatic rings. The van der Waals surface area contributed by atoms with Crippen LogP contribution < -0.4 is 10.6 Å². The summed E-state index contributed by atoms with van der Waals surface area (Å²) in [5.74, 6) is 1.93. The average molecular weight is 426 g/mol. The number of hydrogen-bond donors (Lipinski definition) is 4. The van der Waals surface area contributed by atoms with Crippen molar-refractivity contribution in [2.45, 2.75) is 44.8 Å². The zero-order valence-electron chi connectivity index (χ0n) is 17.0. The molecule has 0 saturated heterocycles. The Labute approximate surface area is 179 Å². The maximum Gasteiger partial charge on any atom is 0.224 e. The minimum Gasteiger partial charge on any atom is -0.396 e. The van der Waals surface area contributed by atoms with Gasteiger partial charge in [0.25, 0.3) is 0 Å². The number of rotatable bonds is 7. The largest absolute Gasteiger partial charge is 0.396 e. The van der Waals surface area contributed by atoms with Crippen LogP contribution in [0.25, 0.3) is 20.8 Å². The third kappa shape index (κ3) is 3.87. The Morgan fingerprint density at radius 3 is 2.67 bits per heavy atom. The number of fused-ring (bicyclic) bond motifs is 1. The van der Waals surface area contributed by atoms with E-state index in [4.69, 9.17) is 15.0 Å². The molecule has 0 amide bonds. The van der Waals surface area contributed by atoms with Crippen molar-refractivity contribution in [1.82, 2.24) is 15.0 Å². The number of aliphatic hydroxyl groups excluding tert-OH is 2. The molecule has 30 heavy (non-hydrogen) atoms. The Bertz CT molecular complexity index is 1020. The zero-order valence-corrected chi connectivity index (χ0v) is 17.8. The van der Waals surface area contributed by atoms with Gasteiger partial charge in [-0.2, -0.15) is 4.98 Å². The van der Waals surface area contributed by atoms with Crippen molar-refractivity contribution in [2.75, 3.05) is 23.8 Å². The van der Waals surface area contributed by atoms with Crippen LogP contribution in [0.3, 0.4) is 0 Å². The van der Waals surface area contributed by atoms with Gasteiger partial charge in [-0.05, 0) is 50.7 Å². The first kappa shape index (κ1) is 19.7. The van der Waals surface area contributed by atoms with E-state index in [0.717, 1.165) is 51.8 Å². The van der Waals surface area contributed by atoms with Gasteiger partial charge in [-0.25, -0.2) is 9.97 Å². The van der Waals surface area contributed by atoms with Crippen molar-refractivity contribution < 1.29 is 10.2 Å². The molecule has 1 aromatic carbocycles. The van der Waals surface area contributed by atoms with E-state index in [9.17, 15) is 10.2 Å². The van der Waals surface area contributed by atoms with E-state index < -0.39 is 6.10 Å². The van der Waals surface area contributed by atoms with Gasteiger partial charge >= 0.3 is 0 Å². The Balaban J connectivity index is 1.52. The molecule has 0 bridgehead atoms. The molecular formula is C22H27N5O2S. The van der Waals surface area contributed by atoms with Crippen molar-refractivity contribution >= 4 is 33.3 Å². The molecule has 0 spiro atoms. The predicted molar refractivity (Wildman–Crippen MR) is 120 cm³/mol. The molecule has 5 rings (SSSR count). The average Bonchev–Trinajstić information content (AvgIpc) is 3.37. The number of nitrogens with zero attached hydrogens (tertiary/aromatic N) is 3. The highest BCUT2D eigenvalue weighted by Crippen LogP contribution is 2.38. The second-order valence-corrected chi connectivity index (χ2v) is 9.46. The second kappa shape index (κ2) is 8.09. The second-order valence-electron chi connectivity index (χ2n) is 8.43. The van der Waals surface area contributed by atoms with E-state index in [-0.39, 0.29) is 18.6 Å². The summed E-state index contributed by atoms with van der Waals surface area (Å²) in [6, 6.07) is 7.93. The van der Waals surface area contributed by atoms with Gasteiger partial charge < -0.3 is 20.8 Å². The van der Waals surface area contributed by atoms with Gasteiger partial charge in [0.1, 0.15) is 10.8 Å². The van der Waals surface area contributed by atoms with Gasteiger partial charge in [0, 0.05) is 19.1 Å². The molecule has 7 nitrogen and oxygen atoms in total. The van der Waals surface area contributed by atoms with Crippen LogP contribution in [-0.2, 0) is 0 Å². The molecule has 2 saturated carbocycles. The van der Waals surface area contributed by atoms with Crippen molar-refractivity contribution in [3.63, 3.8) is 0 Å². The van der Waals surface area contributed by atoms with E-state index in [1.54, 1.807) is 11.3 Å². The number of para-hydroxylation sites is 1. The van der Waals surface area contributed by atoms with Gasteiger partial charge in [0.2, 0.25) is 5.95 Å². The number of aromatic nitrogens is 3. The molecule has 2 heterocycles. The van der Waals surface area contributed by atoms with Crippen molar-refractivity contribution in [3.05, 3.63) is 30.0 Å². The first-order valence-electron chi connectivity index (χ1n) is 10.7. The van der Waals surface area contributed by atoms with Crippen LogP contribution in [0.4, 0.5) is 11.8 Å². The van der Waals surface area contributed by atoms with E-state index in [1.807, 2.05) is 25.1 Å². The van der Waals surface area contributed by atoms with Crippen LogP contribution in [0.1, 0.15) is 31.4 Å². The summed E-state index contributed by atoms with van der Waals surface area (Å²) < 4.78 is 1.12. The Morgan fingerprint density at radius 1 is 1.10 bits per heavy atom. The topological polar surface area (TPSA) is 103 Å². The quantitative estimate of drug-likeness (QED) is 0.460. The lowest BCUT2D eigenvalue weighted by Gasteiger charge is -2.22. The number of anilines is 2. The minimum atomic E-state index is -0.601. The van der Waals surface area contributed by atoms with Gasteiger partial charge in [-0.1, -0.05) is 12.1 Å². The van der Waals surface area contributed by atoms with Crippen molar-refractivity contribution in [2.24, 2.45) is 11.8 Å². The van der Waals surface area contributed by atoms with Crippen LogP contribution in [0.15, 0.2) is 24.3 Å². The summed E-state index contributed by atoms with van der Waals surface area (Å²) in [5.41, 5.74) is 2.70. The Hall–Kier alpha value is -2.29. The number of benzene rings is 1.